The first-order chi connectivity index (χ1) is 19.3. The van der Waals surface area contributed by atoms with E-state index in [1.165, 1.54) is 14.2 Å². The zero-order valence-corrected chi connectivity index (χ0v) is 25.2. The fourth-order valence-electron chi connectivity index (χ4n) is 6.97. The Kier molecular flexibility index (Phi) is 8.11. The molecule has 6 aliphatic heterocycles. The lowest BCUT2D eigenvalue weighted by Gasteiger charge is -2.37. The van der Waals surface area contributed by atoms with Crippen molar-refractivity contribution in [2.45, 2.75) is 92.5 Å². The SMILES string of the molecule is COCC12COC([C@@H](C)O1)[C@@H]2OP(=O)([O-])OCC12COC([C@@H](C)O1)[C@@H]2OP(=O)([O-])OCC12COC([C@@H](C)O1)[C@@H]2OC. The predicted molar refractivity (Wildman–Crippen MR) is 129 cm³/mol. The van der Waals surface area contributed by atoms with E-state index in [-0.39, 0.29) is 38.6 Å². The van der Waals surface area contributed by atoms with Gasteiger partial charge in [0.2, 0.25) is 0 Å². The number of ether oxygens (including phenoxy) is 8. The zero-order chi connectivity index (χ0) is 29.4. The van der Waals surface area contributed by atoms with Crippen LogP contribution in [0, 0.1) is 0 Å². The Morgan fingerprint density at radius 2 is 1.02 bits per heavy atom. The highest BCUT2D eigenvalue weighted by Gasteiger charge is 2.65. The van der Waals surface area contributed by atoms with E-state index < -0.39 is 88.4 Å². The second-order valence-corrected chi connectivity index (χ2v) is 14.3. The standard InChI is InChI=1S/C23H38O16P2/c1-12-15-18(29-5)22(36-12,8-30-15)10-33-40(24,25)39-20-17-14(3)37-23(20,9-32-17)11-34-41(26,27)38-19-16-13(2)35-21(19,6-28-4)7-31-16/h12-20H,6-11H2,1-5H3,(H,24,25)(H,26,27)/p-2/t12-,13-,14-,15?,16?,17?,18+,19+,20+,21?,22?,23?/m1/s1. The summed E-state index contributed by atoms with van der Waals surface area (Å²) in [6, 6.07) is 0. The highest BCUT2D eigenvalue weighted by Crippen LogP contribution is 2.55. The quantitative estimate of drug-likeness (QED) is 0.226. The Morgan fingerprint density at radius 3 is 1.39 bits per heavy atom. The van der Waals surface area contributed by atoms with Gasteiger partial charge in [-0.2, -0.15) is 0 Å². The van der Waals surface area contributed by atoms with E-state index in [4.69, 9.17) is 56.0 Å². The lowest BCUT2D eigenvalue weighted by atomic mass is 10.00. The van der Waals surface area contributed by atoms with E-state index in [1.807, 2.05) is 0 Å². The molecule has 0 N–H and O–H groups in total. The normalized spacial score (nSPS) is 51.0. The van der Waals surface area contributed by atoms with Gasteiger partial charge in [-0.05, 0) is 20.8 Å². The predicted octanol–water partition coefficient (Wildman–Crippen LogP) is -0.943. The Hall–Kier alpha value is -0.100. The summed E-state index contributed by atoms with van der Waals surface area (Å²) < 4.78 is 92.9. The number of hydrogen-bond donors (Lipinski definition) is 0. The highest BCUT2D eigenvalue weighted by molar-refractivity contribution is 7.46. The summed E-state index contributed by atoms with van der Waals surface area (Å²) in [5.74, 6) is 0. The molecular weight excluding hydrogens is 594 g/mol. The van der Waals surface area contributed by atoms with E-state index in [1.54, 1.807) is 20.8 Å². The number of rotatable bonds is 13. The molecule has 14 atom stereocenters. The monoisotopic (exact) mass is 630 g/mol. The molecule has 0 aromatic rings. The van der Waals surface area contributed by atoms with Gasteiger partial charge >= 0.3 is 0 Å². The van der Waals surface area contributed by atoms with Crippen molar-refractivity contribution < 1.29 is 74.9 Å². The molecule has 236 valence electrons. The van der Waals surface area contributed by atoms with Crippen LogP contribution in [0.4, 0.5) is 0 Å². The molecule has 0 aromatic heterocycles. The van der Waals surface area contributed by atoms with E-state index >= 15 is 0 Å². The lowest BCUT2D eigenvalue weighted by Crippen LogP contribution is -2.48. The minimum absolute atomic E-state index is 0.0520. The van der Waals surface area contributed by atoms with Crippen LogP contribution in [0.2, 0.25) is 0 Å². The van der Waals surface area contributed by atoms with Gasteiger partial charge in [-0.3, -0.25) is 9.13 Å². The fraction of sp³-hybridized carbons (Fsp3) is 1.00. The molecule has 6 aliphatic rings. The van der Waals surface area contributed by atoms with Gasteiger partial charge in [0.15, 0.2) is 0 Å². The van der Waals surface area contributed by atoms with Gasteiger partial charge in [-0.15, -0.1) is 0 Å². The van der Waals surface area contributed by atoms with Crippen LogP contribution >= 0.6 is 15.6 Å². The van der Waals surface area contributed by atoms with Crippen LogP contribution in [0.3, 0.4) is 0 Å². The van der Waals surface area contributed by atoms with E-state index in [9.17, 15) is 18.9 Å². The average molecular weight is 630 g/mol. The summed E-state index contributed by atoms with van der Waals surface area (Å²) in [7, 11) is -7.04. The maximum Gasteiger partial charge on any atom is 0.268 e. The summed E-state index contributed by atoms with van der Waals surface area (Å²) in [6.07, 6.45) is -5.92. The van der Waals surface area contributed by atoms with Gasteiger partial charge in [0, 0.05) is 14.2 Å². The third-order valence-corrected chi connectivity index (χ3v) is 10.6. The number of phosphoric ester groups is 2. The first-order valence-electron chi connectivity index (χ1n) is 13.5. The van der Waals surface area contributed by atoms with Crippen molar-refractivity contribution in [3.63, 3.8) is 0 Å². The van der Waals surface area contributed by atoms with Crippen molar-refractivity contribution in [3.8, 4) is 0 Å². The summed E-state index contributed by atoms with van der Waals surface area (Å²) in [6.45, 7) is 4.23. The number of methoxy groups -OCH3 is 2. The van der Waals surface area contributed by atoms with Crippen LogP contribution in [-0.4, -0.2) is 126 Å². The molecular formula is C23H36O16P2-2. The second kappa shape index (κ2) is 10.8. The molecule has 6 bridgehead atoms. The van der Waals surface area contributed by atoms with Crippen molar-refractivity contribution in [3.05, 3.63) is 0 Å². The molecule has 8 unspecified atom stereocenters. The third kappa shape index (κ3) is 5.21. The van der Waals surface area contributed by atoms with E-state index in [2.05, 4.69) is 0 Å². The van der Waals surface area contributed by atoms with Crippen LogP contribution in [0.25, 0.3) is 0 Å². The summed E-state index contributed by atoms with van der Waals surface area (Å²) in [5, 5.41) is 0. The smallest absolute Gasteiger partial charge is 0.268 e. The van der Waals surface area contributed by atoms with Crippen molar-refractivity contribution >= 4 is 15.6 Å². The minimum atomic E-state index is -4.99. The third-order valence-electron chi connectivity index (χ3n) is 8.72. The van der Waals surface area contributed by atoms with Gasteiger partial charge in [0.05, 0.1) is 58.0 Å². The van der Waals surface area contributed by atoms with E-state index in [0.717, 1.165) is 0 Å². The summed E-state index contributed by atoms with van der Waals surface area (Å²) in [4.78, 5) is 26.0. The van der Waals surface area contributed by atoms with Gasteiger partial charge in [0.25, 0.3) is 15.6 Å². The van der Waals surface area contributed by atoms with Gasteiger partial charge in [-0.1, -0.05) is 0 Å². The average Bonchev–Trinajstić information content (AvgIpc) is 3.69. The molecule has 0 spiro atoms. The van der Waals surface area contributed by atoms with Crippen LogP contribution in [0.5, 0.6) is 0 Å². The largest absolute Gasteiger partial charge is 0.756 e. The molecule has 18 heteroatoms. The van der Waals surface area contributed by atoms with Crippen LogP contribution in [0.1, 0.15) is 20.8 Å². The fourth-order valence-corrected chi connectivity index (χ4v) is 9.03. The second-order valence-electron chi connectivity index (χ2n) is 11.6. The zero-order valence-electron chi connectivity index (χ0n) is 23.4. The minimum Gasteiger partial charge on any atom is -0.756 e. The topological polar surface area (TPSA) is 191 Å². The van der Waals surface area contributed by atoms with Crippen LogP contribution < -0.4 is 9.79 Å². The number of phosphoric acid groups is 2. The molecule has 0 saturated carbocycles. The summed E-state index contributed by atoms with van der Waals surface area (Å²) in [5.41, 5.74) is -3.79. The molecule has 0 amide bonds. The Balaban J connectivity index is 1.11. The molecule has 0 aliphatic carbocycles. The van der Waals surface area contributed by atoms with Crippen molar-refractivity contribution in [2.75, 3.05) is 53.9 Å². The molecule has 41 heavy (non-hydrogen) atoms. The van der Waals surface area contributed by atoms with Gasteiger partial charge in [-0.25, -0.2) is 0 Å². The molecule has 6 fully saturated rings. The van der Waals surface area contributed by atoms with Crippen molar-refractivity contribution in [1.82, 2.24) is 0 Å². The Morgan fingerprint density at radius 1 is 0.659 bits per heavy atom. The Labute approximate surface area is 237 Å². The van der Waals surface area contributed by atoms with E-state index in [0.29, 0.717) is 0 Å². The van der Waals surface area contributed by atoms with Crippen LogP contribution in [-0.2, 0) is 65.1 Å². The first kappa shape index (κ1) is 30.9. The molecule has 0 aromatic carbocycles. The molecule has 6 rings (SSSR count). The van der Waals surface area contributed by atoms with Gasteiger partial charge in [0.1, 0.15) is 53.4 Å². The van der Waals surface area contributed by atoms with Crippen LogP contribution in [0.15, 0.2) is 0 Å². The first-order valence-corrected chi connectivity index (χ1v) is 16.4. The summed E-state index contributed by atoms with van der Waals surface area (Å²) >= 11 is 0. The van der Waals surface area contributed by atoms with Gasteiger partial charge < -0.3 is 65.8 Å². The molecule has 16 nitrogen and oxygen atoms in total. The maximum absolute atomic E-state index is 13.0. The Bertz CT molecular complexity index is 1100. The number of fused-ring (bicyclic) bond motifs is 6. The molecule has 6 heterocycles. The lowest BCUT2D eigenvalue weighted by molar-refractivity contribution is -0.247. The molecule has 6 saturated heterocycles. The maximum atomic E-state index is 13.0. The molecule has 0 radical (unpaired) electrons. The number of hydrogen-bond acceptors (Lipinski definition) is 16. The highest BCUT2D eigenvalue weighted by atomic mass is 31.2. The van der Waals surface area contributed by atoms with Crippen molar-refractivity contribution in [2.24, 2.45) is 0 Å². The van der Waals surface area contributed by atoms with Crippen molar-refractivity contribution in [1.29, 1.82) is 0 Å².